The van der Waals surface area contributed by atoms with Gasteiger partial charge in [0.2, 0.25) is 10.0 Å². The van der Waals surface area contributed by atoms with E-state index < -0.39 is 22.1 Å². The lowest BCUT2D eigenvalue weighted by molar-refractivity contribution is -0.274. The van der Waals surface area contributed by atoms with Crippen molar-refractivity contribution in [1.82, 2.24) is 14.6 Å². The Morgan fingerprint density at radius 3 is 2.52 bits per heavy atom. The van der Waals surface area contributed by atoms with Crippen molar-refractivity contribution in [2.45, 2.75) is 17.8 Å². The molecule has 1 aromatic carbocycles. The van der Waals surface area contributed by atoms with Crippen LogP contribution in [0.25, 0.3) is 0 Å². The number of amides is 1. The molecule has 0 bridgehead atoms. The monoisotopic (exact) mass is 451 g/mol. The van der Waals surface area contributed by atoms with Crippen LogP contribution in [0.3, 0.4) is 0 Å². The fraction of sp³-hybridized carbons (Fsp3) is 0.375. The second-order valence-corrected chi connectivity index (χ2v) is 8.58. The predicted octanol–water partition coefficient (Wildman–Crippen LogP) is 1.99. The van der Waals surface area contributed by atoms with E-state index in [1.54, 1.807) is 10.3 Å². The predicted molar refractivity (Wildman–Crippen MR) is 96.0 cm³/mol. The number of benzene rings is 1. The number of morpholine rings is 1. The van der Waals surface area contributed by atoms with Crippen LogP contribution < -0.4 is 9.46 Å². The number of aromatic nitrogens is 1. The Morgan fingerprint density at radius 1 is 1.24 bits per heavy atom. The zero-order chi connectivity index (χ0) is 21.1. The minimum atomic E-state index is -4.86. The lowest BCUT2D eigenvalue weighted by atomic mass is 10.3. The first-order chi connectivity index (χ1) is 13.6. The Kier molecular flexibility index (Phi) is 6.41. The third-order valence-corrected chi connectivity index (χ3v) is 6.12. The number of thiazole rings is 1. The number of hydrogen-bond donors (Lipinski definition) is 1. The van der Waals surface area contributed by atoms with E-state index in [0.717, 1.165) is 35.6 Å². The molecule has 0 unspecified atom stereocenters. The van der Waals surface area contributed by atoms with Crippen LogP contribution in [0.2, 0.25) is 0 Å². The number of carbonyl (C=O) groups excluding carboxylic acids is 1. The molecule has 1 fully saturated rings. The number of hydrogen-bond acceptors (Lipinski definition) is 7. The highest BCUT2D eigenvalue weighted by Crippen LogP contribution is 2.24. The average molecular weight is 451 g/mol. The molecule has 0 aliphatic carbocycles. The van der Waals surface area contributed by atoms with E-state index in [9.17, 15) is 26.4 Å². The highest BCUT2D eigenvalue weighted by molar-refractivity contribution is 7.89. The fourth-order valence-electron chi connectivity index (χ4n) is 2.48. The molecule has 1 amide bonds. The van der Waals surface area contributed by atoms with Gasteiger partial charge >= 0.3 is 6.36 Å². The number of rotatable bonds is 6. The van der Waals surface area contributed by atoms with Crippen molar-refractivity contribution in [2.75, 3.05) is 26.3 Å². The van der Waals surface area contributed by atoms with Gasteiger partial charge in [0.15, 0.2) is 0 Å². The summed E-state index contributed by atoms with van der Waals surface area (Å²) < 4.78 is 72.3. The van der Waals surface area contributed by atoms with E-state index in [0.29, 0.717) is 31.3 Å². The van der Waals surface area contributed by atoms with E-state index in [4.69, 9.17) is 4.74 Å². The maximum Gasteiger partial charge on any atom is 0.573 e. The van der Waals surface area contributed by atoms with Crippen LogP contribution in [0.5, 0.6) is 5.75 Å². The van der Waals surface area contributed by atoms with Crippen LogP contribution in [0.4, 0.5) is 13.2 Å². The second kappa shape index (κ2) is 8.65. The summed E-state index contributed by atoms with van der Waals surface area (Å²) in [5, 5.41) is 1.92. The molecule has 0 atom stereocenters. The first-order valence-electron chi connectivity index (χ1n) is 8.31. The van der Waals surface area contributed by atoms with Crippen molar-refractivity contribution in [1.29, 1.82) is 0 Å². The summed E-state index contributed by atoms with van der Waals surface area (Å²) in [7, 11) is -3.98. The van der Waals surface area contributed by atoms with Gasteiger partial charge < -0.3 is 14.4 Å². The normalized spacial score (nSPS) is 15.3. The van der Waals surface area contributed by atoms with Crippen LogP contribution in [0.15, 0.2) is 34.5 Å². The van der Waals surface area contributed by atoms with Crippen molar-refractivity contribution in [3.8, 4) is 5.75 Å². The molecule has 2 aromatic rings. The number of sulfonamides is 1. The van der Waals surface area contributed by atoms with Crippen molar-refractivity contribution in [2.24, 2.45) is 0 Å². The first kappa shape index (κ1) is 21.5. The van der Waals surface area contributed by atoms with Crippen molar-refractivity contribution < 1.29 is 35.9 Å². The summed E-state index contributed by atoms with van der Waals surface area (Å²) in [6.07, 6.45) is -4.86. The third-order valence-electron chi connectivity index (χ3n) is 3.85. The van der Waals surface area contributed by atoms with Crippen LogP contribution in [0, 0.1) is 0 Å². The summed E-state index contributed by atoms with van der Waals surface area (Å²) in [6, 6.07) is 3.81. The Labute approximate surface area is 168 Å². The number of nitrogens with zero attached hydrogens (tertiary/aromatic N) is 2. The molecule has 2 heterocycles. The fourth-order valence-corrected chi connectivity index (χ4v) is 4.27. The summed E-state index contributed by atoms with van der Waals surface area (Å²) in [5.74, 6) is -0.776. The summed E-state index contributed by atoms with van der Waals surface area (Å²) in [5.41, 5.74) is 0.222. The molecular formula is C16H16F3N3O5S2. The Morgan fingerprint density at radius 2 is 1.90 bits per heavy atom. The minimum Gasteiger partial charge on any atom is -0.406 e. The third kappa shape index (κ3) is 5.88. The standard InChI is InChI=1S/C16H16F3N3O5S2/c17-16(18,19)27-11-1-3-12(4-2-11)29(24,25)20-9-14-21-13(10-28-14)15(23)22-5-7-26-8-6-22/h1-4,10,20H,5-9H2. The molecular weight excluding hydrogens is 435 g/mol. The molecule has 158 valence electrons. The summed E-state index contributed by atoms with van der Waals surface area (Å²) in [4.78, 5) is 17.9. The number of halogens is 3. The van der Waals surface area contributed by atoms with Gasteiger partial charge in [0.25, 0.3) is 5.91 Å². The van der Waals surface area contributed by atoms with Crippen LogP contribution >= 0.6 is 11.3 Å². The van der Waals surface area contributed by atoms with Crippen molar-refractivity contribution in [3.63, 3.8) is 0 Å². The molecule has 0 saturated carbocycles. The maximum absolute atomic E-state index is 12.4. The highest BCUT2D eigenvalue weighted by Gasteiger charge is 2.31. The average Bonchev–Trinajstić information content (AvgIpc) is 3.15. The number of nitrogens with one attached hydrogen (secondary N) is 1. The molecule has 1 N–H and O–H groups in total. The van der Waals surface area contributed by atoms with E-state index in [2.05, 4.69) is 14.4 Å². The van der Waals surface area contributed by atoms with Gasteiger partial charge in [-0.05, 0) is 24.3 Å². The lowest BCUT2D eigenvalue weighted by Gasteiger charge is -2.25. The topological polar surface area (TPSA) is 97.8 Å². The van der Waals surface area contributed by atoms with Gasteiger partial charge in [0.1, 0.15) is 16.5 Å². The van der Waals surface area contributed by atoms with E-state index in [-0.39, 0.29) is 23.0 Å². The van der Waals surface area contributed by atoms with Crippen molar-refractivity contribution >= 4 is 27.3 Å². The molecule has 1 aliphatic heterocycles. The Bertz CT molecular complexity index is 955. The molecule has 29 heavy (non-hydrogen) atoms. The quantitative estimate of drug-likeness (QED) is 0.722. The van der Waals surface area contributed by atoms with Gasteiger partial charge in [0, 0.05) is 18.5 Å². The molecule has 13 heteroatoms. The SMILES string of the molecule is O=C(c1csc(CNS(=O)(=O)c2ccc(OC(F)(F)F)cc2)n1)N1CCOCC1. The maximum atomic E-state index is 12.4. The number of alkyl halides is 3. The zero-order valence-electron chi connectivity index (χ0n) is 14.8. The van der Waals surface area contributed by atoms with Gasteiger partial charge in [-0.2, -0.15) is 0 Å². The molecule has 8 nitrogen and oxygen atoms in total. The van der Waals surface area contributed by atoms with Crippen LogP contribution in [-0.2, 0) is 21.3 Å². The van der Waals surface area contributed by atoms with Crippen LogP contribution in [0.1, 0.15) is 15.5 Å². The van der Waals surface area contributed by atoms with Gasteiger partial charge in [-0.1, -0.05) is 0 Å². The molecule has 0 radical (unpaired) electrons. The largest absolute Gasteiger partial charge is 0.573 e. The van der Waals surface area contributed by atoms with Crippen molar-refractivity contribution in [3.05, 3.63) is 40.3 Å². The summed E-state index contributed by atoms with van der Waals surface area (Å²) >= 11 is 1.12. The first-order valence-corrected chi connectivity index (χ1v) is 10.7. The molecule has 1 aliphatic rings. The number of carbonyl (C=O) groups is 1. The molecule has 1 saturated heterocycles. The number of ether oxygens (including phenoxy) is 2. The zero-order valence-corrected chi connectivity index (χ0v) is 16.4. The van der Waals surface area contributed by atoms with Gasteiger partial charge in [-0.15, -0.1) is 24.5 Å². The molecule has 3 rings (SSSR count). The lowest BCUT2D eigenvalue weighted by Crippen LogP contribution is -2.40. The Hall–Kier alpha value is -2.22. The van der Waals surface area contributed by atoms with E-state index >= 15 is 0 Å². The van der Waals surface area contributed by atoms with Gasteiger partial charge in [0.05, 0.1) is 24.7 Å². The molecule has 1 aromatic heterocycles. The van der Waals surface area contributed by atoms with Gasteiger partial charge in [-0.25, -0.2) is 18.1 Å². The van der Waals surface area contributed by atoms with Crippen LogP contribution in [-0.4, -0.2) is 56.9 Å². The molecule has 0 spiro atoms. The smallest absolute Gasteiger partial charge is 0.406 e. The highest BCUT2D eigenvalue weighted by atomic mass is 32.2. The minimum absolute atomic E-state index is 0.163. The van der Waals surface area contributed by atoms with E-state index in [1.807, 2.05) is 0 Å². The van der Waals surface area contributed by atoms with Gasteiger partial charge in [-0.3, -0.25) is 4.79 Å². The second-order valence-electron chi connectivity index (χ2n) is 5.87. The van der Waals surface area contributed by atoms with E-state index in [1.165, 1.54) is 0 Å². The Balaban J connectivity index is 1.60. The summed E-state index contributed by atoms with van der Waals surface area (Å²) in [6.45, 7) is 1.67.